The normalized spacial score (nSPS) is 42.2. The molecule has 0 radical (unpaired) electrons. The zero-order valence-corrected chi connectivity index (χ0v) is 31.5. The van der Waals surface area contributed by atoms with Crippen molar-refractivity contribution in [2.75, 3.05) is 34.3 Å². The smallest absolute Gasteiger partial charge is 0.337 e. The van der Waals surface area contributed by atoms with Gasteiger partial charge in [0.25, 0.3) is 0 Å². The zero-order chi connectivity index (χ0) is 34.2. The van der Waals surface area contributed by atoms with Crippen LogP contribution in [0.15, 0.2) is 24.3 Å². The van der Waals surface area contributed by atoms with Crippen molar-refractivity contribution in [2.45, 2.75) is 119 Å². The van der Waals surface area contributed by atoms with E-state index in [1.165, 1.54) is 64.0 Å². The van der Waals surface area contributed by atoms with Gasteiger partial charge in [0, 0.05) is 13.1 Å². The van der Waals surface area contributed by atoms with Crippen LogP contribution in [0.25, 0.3) is 0 Å². The molecule has 6 rings (SSSR count). The second-order valence-corrected chi connectivity index (χ2v) is 18.9. The van der Waals surface area contributed by atoms with Gasteiger partial charge in [0.05, 0.1) is 18.1 Å². The first-order chi connectivity index (χ1) is 22.1. The van der Waals surface area contributed by atoms with Gasteiger partial charge in [-0.3, -0.25) is 4.79 Å². The maximum Gasteiger partial charge on any atom is 0.337 e. The van der Waals surface area contributed by atoms with E-state index in [9.17, 15) is 9.59 Å². The van der Waals surface area contributed by atoms with Crippen LogP contribution in [0.4, 0.5) is 0 Å². The Balaban J connectivity index is 1.29. The van der Waals surface area contributed by atoms with E-state index in [1.807, 2.05) is 12.1 Å². The van der Waals surface area contributed by atoms with E-state index in [0.29, 0.717) is 57.8 Å². The number of methoxy groups -OCH3 is 1. The number of nitrogens with zero attached hydrogens (tertiary/aromatic N) is 1. The lowest BCUT2D eigenvalue weighted by molar-refractivity contribution is -0.239. The zero-order valence-electron chi connectivity index (χ0n) is 31.5. The minimum Gasteiger partial charge on any atom is -0.465 e. The molecule has 1 aromatic carbocycles. The second-order valence-electron chi connectivity index (χ2n) is 18.9. The molecule has 0 saturated heterocycles. The molecule has 10 atom stereocenters. The Morgan fingerprint density at radius 2 is 1.55 bits per heavy atom. The molecule has 5 aliphatic rings. The number of esters is 1. The van der Waals surface area contributed by atoms with E-state index in [1.54, 1.807) is 0 Å². The van der Waals surface area contributed by atoms with Gasteiger partial charge in [-0.05, 0) is 159 Å². The summed E-state index contributed by atoms with van der Waals surface area (Å²) in [5.41, 5.74) is 2.89. The summed E-state index contributed by atoms with van der Waals surface area (Å²) in [6.07, 6.45) is 12.3. The Morgan fingerprint density at radius 3 is 2.19 bits per heavy atom. The average Bonchev–Trinajstić information content (AvgIpc) is 3.42. The van der Waals surface area contributed by atoms with Gasteiger partial charge >= 0.3 is 5.97 Å². The molecule has 5 heteroatoms. The van der Waals surface area contributed by atoms with Crippen LogP contribution in [0.1, 0.15) is 135 Å². The summed E-state index contributed by atoms with van der Waals surface area (Å²) in [7, 11) is 5.64. The highest BCUT2D eigenvalue weighted by Crippen LogP contribution is 2.78. The monoisotopic (exact) mass is 647 g/mol. The van der Waals surface area contributed by atoms with E-state index >= 15 is 0 Å². The predicted molar refractivity (Wildman–Crippen MR) is 191 cm³/mol. The van der Waals surface area contributed by atoms with Crippen LogP contribution in [0.3, 0.4) is 0 Å². The van der Waals surface area contributed by atoms with Crippen LogP contribution in [-0.4, -0.2) is 51.1 Å². The predicted octanol–water partition coefficient (Wildman–Crippen LogP) is 8.97. The number of ether oxygens (including phenoxy) is 1. The van der Waals surface area contributed by atoms with Crippen LogP contribution in [0, 0.1) is 62.6 Å². The van der Waals surface area contributed by atoms with Gasteiger partial charge < -0.3 is 15.0 Å². The number of nitrogens with one attached hydrogen (secondary N) is 1. The van der Waals surface area contributed by atoms with Crippen molar-refractivity contribution in [3.8, 4) is 0 Å². The topological polar surface area (TPSA) is 58.6 Å². The van der Waals surface area contributed by atoms with Gasteiger partial charge in [-0.2, -0.15) is 0 Å². The second kappa shape index (κ2) is 12.2. The SMILES string of the molecule is COC(=O)c1ccc(C2CC[C@]3(C)[C@H]4CC[C@@H]5[C@H]6[C@H](C(C)C)CC[C@]6(C(=O)NCCN(C)C)CC[C@@]5(C)[C@]4(C)CC[C@H]3C2(C)C)cc1. The lowest BCUT2D eigenvalue weighted by Gasteiger charge is -2.73. The quantitative estimate of drug-likeness (QED) is 0.301. The van der Waals surface area contributed by atoms with Gasteiger partial charge in [-0.1, -0.05) is 60.6 Å². The maximum absolute atomic E-state index is 14.3. The van der Waals surface area contributed by atoms with Crippen molar-refractivity contribution in [3.05, 3.63) is 35.4 Å². The van der Waals surface area contributed by atoms with E-state index in [4.69, 9.17) is 4.74 Å². The van der Waals surface area contributed by atoms with Crippen molar-refractivity contribution in [1.29, 1.82) is 0 Å². The summed E-state index contributed by atoms with van der Waals surface area (Å²) >= 11 is 0. The number of rotatable bonds is 7. The third kappa shape index (κ3) is 5.16. The van der Waals surface area contributed by atoms with Gasteiger partial charge in [0.1, 0.15) is 0 Å². The molecule has 0 aromatic heterocycles. The average molecular weight is 647 g/mol. The molecular weight excluding hydrogens is 580 g/mol. The lowest BCUT2D eigenvalue weighted by Crippen LogP contribution is -2.67. The minimum atomic E-state index is -0.259. The highest BCUT2D eigenvalue weighted by molar-refractivity contribution is 5.89. The first-order valence-electron chi connectivity index (χ1n) is 19.2. The molecule has 5 aliphatic carbocycles. The molecule has 1 unspecified atom stereocenters. The Bertz CT molecular complexity index is 1340. The summed E-state index contributed by atoms with van der Waals surface area (Å²) in [5, 5.41) is 3.46. The Hall–Kier alpha value is -1.88. The number of carbonyl (C=O) groups is 2. The van der Waals surface area contributed by atoms with Crippen molar-refractivity contribution < 1.29 is 14.3 Å². The number of benzene rings is 1. The van der Waals surface area contributed by atoms with Gasteiger partial charge in [0.2, 0.25) is 5.91 Å². The molecule has 1 N–H and O–H groups in total. The molecule has 0 spiro atoms. The van der Waals surface area contributed by atoms with Crippen LogP contribution in [-0.2, 0) is 9.53 Å². The van der Waals surface area contributed by atoms with Crippen molar-refractivity contribution in [3.63, 3.8) is 0 Å². The molecule has 5 nitrogen and oxygen atoms in total. The largest absolute Gasteiger partial charge is 0.465 e. The third-order valence-corrected chi connectivity index (χ3v) is 16.4. The summed E-state index contributed by atoms with van der Waals surface area (Å²) in [6, 6.07) is 8.31. The van der Waals surface area contributed by atoms with Crippen molar-refractivity contribution >= 4 is 11.9 Å². The summed E-state index contributed by atoms with van der Waals surface area (Å²) < 4.78 is 4.97. The van der Waals surface area contributed by atoms with Gasteiger partial charge in [-0.25, -0.2) is 4.79 Å². The summed E-state index contributed by atoms with van der Waals surface area (Å²) in [5.74, 6) is 4.40. The van der Waals surface area contributed by atoms with Crippen LogP contribution in [0.2, 0.25) is 0 Å². The number of hydrogen-bond donors (Lipinski definition) is 1. The third-order valence-electron chi connectivity index (χ3n) is 16.4. The maximum atomic E-state index is 14.3. The Labute approximate surface area is 286 Å². The molecule has 1 aromatic rings. The highest BCUT2D eigenvalue weighted by atomic mass is 16.5. The lowest BCUT2D eigenvalue weighted by atomic mass is 9.31. The Kier molecular flexibility index (Phi) is 9.05. The number of hydrogen-bond acceptors (Lipinski definition) is 4. The fraction of sp³-hybridized carbons (Fsp3) is 0.810. The molecule has 0 heterocycles. The van der Waals surface area contributed by atoms with Crippen molar-refractivity contribution in [1.82, 2.24) is 10.2 Å². The molecule has 262 valence electrons. The molecule has 5 saturated carbocycles. The van der Waals surface area contributed by atoms with Gasteiger partial charge in [-0.15, -0.1) is 0 Å². The molecule has 5 fully saturated rings. The first kappa shape index (κ1) is 35.0. The summed E-state index contributed by atoms with van der Waals surface area (Å²) in [4.78, 5) is 28.6. The number of carbonyl (C=O) groups excluding carboxylic acids is 2. The minimum absolute atomic E-state index is 0.180. The van der Waals surface area contributed by atoms with E-state index in [-0.39, 0.29) is 22.2 Å². The van der Waals surface area contributed by atoms with E-state index in [0.717, 1.165) is 31.8 Å². The summed E-state index contributed by atoms with van der Waals surface area (Å²) in [6.45, 7) is 19.7. The van der Waals surface area contributed by atoms with Crippen LogP contribution < -0.4 is 5.32 Å². The van der Waals surface area contributed by atoms with Crippen LogP contribution >= 0.6 is 0 Å². The fourth-order valence-corrected chi connectivity index (χ4v) is 13.9. The molecule has 0 aliphatic heterocycles. The molecular formula is C42H66N2O3. The van der Waals surface area contributed by atoms with Crippen molar-refractivity contribution in [2.24, 2.45) is 62.6 Å². The number of fused-ring (bicyclic) bond motifs is 7. The fourth-order valence-electron chi connectivity index (χ4n) is 13.9. The number of likely N-dealkylation sites (N-methyl/N-ethyl adjacent to an activating group) is 1. The van der Waals surface area contributed by atoms with Crippen LogP contribution in [0.5, 0.6) is 0 Å². The van der Waals surface area contributed by atoms with Gasteiger partial charge in [0.15, 0.2) is 0 Å². The first-order valence-corrected chi connectivity index (χ1v) is 19.2. The van der Waals surface area contributed by atoms with E-state index in [2.05, 4.69) is 84.9 Å². The molecule has 47 heavy (non-hydrogen) atoms. The highest BCUT2D eigenvalue weighted by Gasteiger charge is 2.72. The molecule has 1 amide bonds. The Morgan fingerprint density at radius 1 is 0.851 bits per heavy atom. The van der Waals surface area contributed by atoms with E-state index < -0.39 is 0 Å². The molecule has 0 bridgehead atoms. The standard InChI is InChI=1S/C42H66N2O3/c1-27(2)30-17-22-42(37(46)43-25-26-44(8)9)24-23-40(6)32(35(30)42)15-16-34-39(5)20-18-31(28-11-13-29(14-12-28)36(45)47-10)38(3,4)33(39)19-21-41(34,40)7/h11-14,27,30-35H,15-26H2,1-10H3,(H,43,46)/t30-,31?,32+,33-,34+,35+,39-,40+,41+,42-/m0/s1. The number of amides is 1.